The lowest BCUT2D eigenvalue weighted by Crippen LogP contribution is -2.51. The second-order valence-corrected chi connectivity index (χ2v) is 12.0. The van der Waals surface area contributed by atoms with Crippen molar-refractivity contribution in [2.24, 2.45) is 0 Å². The SMILES string of the molecule is CC(C)OC(=O)C(C)(C)OC(=O)N1CCc2cc(OCc3ccccc3)ccc2C1C(=O)NCCN(C(C)C)C(C)C. The number of carbonyl (C=O) groups excluding carboxylic acids is 3. The van der Waals surface area contributed by atoms with Crippen LogP contribution in [0, 0.1) is 0 Å². The molecule has 42 heavy (non-hydrogen) atoms. The molecule has 0 saturated heterocycles. The van der Waals surface area contributed by atoms with Crippen molar-refractivity contribution in [2.45, 2.75) is 98.2 Å². The first kappa shape index (κ1) is 32.9. The predicted molar refractivity (Wildman–Crippen MR) is 162 cm³/mol. The van der Waals surface area contributed by atoms with Crippen molar-refractivity contribution in [2.75, 3.05) is 19.6 Å². The molecule has 0 fully saturated rings. The Hall–Kier alpha value is -3.59. The number of esters is 1. The van der Waals surface area contributed by atoms with Crippen molar-refractivity contribution >= 4 is 18.0 Å². The Morgan fingerprint density at radius 3 is 2.29 bits per heavy atom. The van der Waals surface area contributed by atoms with Gasteiger partial charge in [-0.2, -0.15) is 0 Å². The molecular formula is C33H47N3O6. The van der Waals surface area contributed by atoms with Crippen LogP contribution in [-0.4, -0.2) is 71.2 Å². The van der Waals surface area contributed by atoms with E-state index < -0.39 is 23.7 Å². The van der Waals surface area contributed by atoms with Crippen LogP contribution in [0.4, 0.5) is 4.79 Å². The number of amides is 2. The van der Waals surface area contributed by atoms with Crippen molar-refractivity contribution in [3.63, 3.8) is 0 Å². The van der Waals surface area contributed by atoms with Crippen molar-refractivity contribution in [1.29, 1.82) is 0 Å². The van der Waals surface area contributed by atoms with Gasteiger partial charge in [-0.05, 0) is 90.6 Å². The average molecular weight is 582 g/mol. The molecule has 0 aliphatic carbocycles. The highest BCUT2D eigenvalue weighted by atomic mass is 16.6. The van der Waals surface area contributed by atoms with E-state index in [9.17, 15) is 14.4 Å². The maximum atomic E-state index is 13.7. The zero-order valence-corrected chi connectivity index (χ0v) is 26.3. The number of benzene rings is 2. The van der Waals surface area contributed by atoms with E-state index in [2.05, 4.69) is 37.9 Å². The first-order chi connectivity index (χ1) is 19.8. The van der Waals surface area contributed by atoms with Crippen LogP contribution in [0.2, 0.25) is 0 Å². The standard InChI is InChI=1S/C33H47N3O6/c1-22(2)35(23(3)4)19-17-34-30(37)29-28-15-14-27(40-21-25-12-10-9-11-13-25)20-26(28)16-18-36(29)32(39)42-33(7,8)31(38)41-24(5)6/h9-15,20,22-24,29H,16-19,21H2,1-8H3,(H,34,37). The Kier molecular flexibility index (Phi) is 11.4. The average Bonchev–Trinajstić information content (AvgIpc) is 2.92. The monoisotopic (exact) mass is 581 g/mol. The van der Waals surface area contributed by atoms with Gasteiger partial charge in [0.05, 0.1) is 6.10 Å². The molecule has 1 atom stereocenters. The molecule has 1 aliphatic heterocycles. The minimum absolute atomic E-state index is 0.242. The number of ether oxygens (including phenoxy) is 3. The van der Waals surface area contributed by atoms with Crippen molar-refractivity contribution < 1.29 is 28.6 Å². The van der Waals surface area contributed by atoms with Crippen LogP contribution in [0.25, 0.3) is 0 Å². The molecule has 0 radical (unpaired) electrons. The van der Waals surface area contributed by atoms with Gasteiger partial charge in [0, 0.05) is 31.7 Å². The first-order valence-corrected chi connectivity index (χ1v) is 14.8. The summed E-state index contributed by atoms with van der Waals surface area (Å²) in [6, 6.07) is 15.2. The number of hydrogen-bond acceptors (Lipinski definition) is 7. The topological polar surface area (TPSA) is 97.4 Å². The van der Waals surface area contributed by atoms with Crippen LogP contribution in [0.5, 0.6) is 5.75 Å². The number of rotatable bonds is 12. The van der Waals surface area contributed by atoms with Gasteiger partial charge in [-0.1, -0.05) is 36.4 Å². The molecule has 1 heterocycles. The van der Waals surface area contributed by atoms with E-state index in [-0.39, 0.29) is 18.6 Å². The van der Waals surface area contributed by atoms with Crippen LogP contribution in [0.3, 0.4) is 0 Å². The molecule has 0 bridgehead atoms. The highest BCUT2D eigenvalue weighted by Gasteiger charge is 2.41. The van der Waals surface area contributed by atoms with E-state index in [4.69, 9.17) is 14.2 Å². The third-order valence-corrected chi connectivity index (χ3v) is 7.25. The summed E-state index contributed by atoms with van der Waals surface area (Å²) in [5, 5.41) is 3.04. The molecule has 0 spiro atoms. The molecule has 1 unspecified atom stereocenters. The number of fused-ring (bicyclic) bond motifs is 1. The van der Waals surface area contributed by atoms with E-state index >= 15 is 0 Å². The first-order valence-electron chi connectivity index (χ1n) is 14.8. The second kappa shape index (κ2) is 14.5. The van der Waals surface area contributed by atoms with Crippen LogP contribution in [-0.2, 0) is 32.1 Å². The lowest BCUT2D eigenvalue weighted by molar-refractivity contribution is -0.167. The molecule has 0 aromatic heterocycles. The Bertz CT molecular complexity index is 1200. The Morgan fingerprint density at radius 2 is 1.67 bits per heavy atom. The summed E-state index contributed by atoms with van der Waals surface area (Å²) in [5.74, 6) is -0.261. The lowest BCUT2D eigenvalue weighted by Gasteiger charge is -2.37. The number of carbonyl (C=O) groups is 3. The maximum Gasteiger partial charge on any atom is 0.411 e. The van der Waals surface area contributed by atoms with Crippen molar-refractivity contribution in [3.05, 3.63) is 65.2 Å². The summed E-state index contributed by atoms with van der Waals surface area (Å²) in [6.07, 6.45) is -0.602. The van der Waals surface area contributed by atoms with E-state index in [0.29, 0.717) is 49.5 Å². The molecule has 2 aromatic rings. The van der Waals surface area contributed by atoms with Gasteiger partial charge < -0.3 is 19.5 Å². The van der Waals surface area contributed by atoms with Gasteiger partial charge in [0.15, 0.2) is 0 Å². The molecule has 2 aromatic carbocycles. The predicted octanol–water partition coefficient (Wildman–Crippen LogP) is 5.27. The summed E-state index contributed by atoms with van der Waals surface area (Å²) >= 11 is 0. The fraction of sp³-hybridized carbons (Fsp3) is 0.545. The fourth-order valence-corrected chi connectivity index (χ4v) is 5.11. The number of nitrogens with zero attached hydrogens (tertiary/aromatic N) is 2. The van der Waals surface area contributed by atoms with E-state index in [1.165, 1.54) is 18.7 Å². The summed E-state index contributed by atoms with van der Waals surface area (Å²) < 4.78 is 17.0. The van der Waals surface area contributed by atoms with E-state index in [0.717, 1.165) is 11.1 Å². The summed E-state index contributed by atoms with van der Waals surface area (Å²) in [6.45, 7) is 16.7. The van der Waals surface area contributed by atoms with Crippen LogP contribution >= 0.6 is 0 Å². The summed E-state index contributed by atoms with van der Waals surface area (Å²) in [7, 11) is 0. The Labute approximate surface area is 250 Å². The second-order valence-electron chi connectivity index (χ2n) is 12.0. The van der Waals surface area contributed by atoms with E-state index in [1.807, 2.05) is 48.5 Å². The zero-order chi connectivity index (χ0) is 31.0. The summed E-state index contributed by atoms with van der Waals surface area (Å²) in [5.41, 5.74) is 1.16. The van der Waals surface area contributed by atoms with Crippen molar-refractivity contribution in [3.8, 4) is 5.75 Å². The highest BCUT2D eigenvalue weighted by molar-refractivity contribution is 5.89. The van der Waals surface area contributed by atoms with Crippen LogP contribution < -0.4 is 10.1 Å². The quantitative estimate of drug-likeness (QED) is 0.341. The van der Waals surface area contributed by atoms with Gasteiger partial charge in [0.2, 0.25) is 11.5 Å². The van der Waals surface area contributed by atoms with Gasteiger partial charge in [0.1, 0.15) is 18.4 Å². The molecular weight excluding hydrogens is 534 g/mol. The maximum absolute atomic E-state index is 13.7. The molecule has 0 saturated carbocycles. The smallest absolute Gasteiger partial charge is 0.411 e. The normalized spacial score (nSPS) is 15.1. The Morgan fingerprint density at radius 1 is 1.00 bits per heavy atom. The van der Waals surface area contributed by atoms with Gasteiger partial charge in [-0.15, -0.1) is 0 Å². The zero-order valence-electron chi connectivity index (χ0n) is 26.3. The number of hydrogen-bond donors (Lipinski definition) is 1. The fourth-order valence-electron chi connectivity index (χ4n) is 5.11. The molecule has 9 heteroatoms. The third kappa shape index (κ3) is 8.71. The van der Waals surface area contributed by atoms with E-state index in [1.54, 1.807) is 13.8 Å². The van der Waals surface area contributed by atoms with Crippen LogP contribution in [0.1, 0.15) is 78.1 Å². The van der Waals surface area contributed by atoms with Gasteiger partial charge >= 0.3 is 12.1 Å². The number of nitrogens with one attached hydrogen (secondary N) is 1. The molecule has 9 nitrogen and oxygen atoms in total. The summed E-state index contributed by atoms with van der Waals surface area (Å²) in [4.78, 5) is 43.5. The molecule has 1 N–H and O–H groups in total. The molecule has 2 amide bonds. The lowest BCUT2D eigenvalue weighted by atomic mass is 9.92. The highest BCUT2D eigenvalue weighted by Crippen LogP contribution is 2.34. The minimum Gasteiger partial charge on any atom is -0.489 e. The minimum atomic E-state index is -1.52. The molecule has 230 valence electrons. The van der Waals surface area contributed by atoms with Crippen LogP contribution in [0.15, 0.2) is 48.5 Å². The van der Waals surface area contributed by atoms with Gasteiger partial charge in [-0.25, -0.2) is 9.59 Å². The largest absolute Gasteiger partial charge is 0.489 e. The third-order valence-electron chi connectivity index (χ3n) is 7.25. The van der Waals surface area contributed by atoms with Gasteiger partial charge in [0.25, 0.3) is 0 Å². The van der Waals surface area contributed by atoms with Gasteiger partial charge in [-0.3, -0.25) is 14.6 Å². The molecule has 1 aliphatic rings. The van der Waals surface area contributed by atoms with Crippen molar-refractivity contribution in [1.82, 2.24) is 15.1 Å². The Balaban J connectivity index is 1.83. The molecule has 3 rings (SSSR count).